The van der Waals surface area contributed by atoms with Gasteiger partial charge in [-0.2, -0.15) is 0 Å². The number of anilines is 1. The van der Waals surface area contributed by atoms with Crippen molar-refractivity contribution in [2.75, 3.05) is 24.5 Å². The molecule has 1 aromatic rings. The maximum atomic E-state index is 12.6. The Labute approximate surface area is 169 Å². The monoisotopic (exact) mass is 411 g/mol. The SMILES string of the molecule is CCN(CC1(c2ccc(N3CCC(N(S)S(=O)O)C3=O)cc2)CC1)C(C)C. The van der Waals surface area contributed by atoms with Crippen LogP contribution in [0.3, 0.4) is 0 Å². The molecular formula is C19H29N3O3S2. The summed E-state index contributed by atoms with van der Waals surface area (Å²) in [5, 5.41) is 0. The van der Waals surface area contributed by atoms with Crippen LogP contribution in [-0.2, 0) is 21.5 Å². The number of likely N-dealkylation sites (N-methyl/N-ethyl adjacent to an activating group) is 1. The van der Waals surface area contributed by atoms with E-state index in [1.165, 1.54) is 18.4 Å². The van der Waals surface area contributed by atoms with Crippen LogP contribution in [-0.4, -0.2) is 55.0 Å². The lowest BCUT2D eigenvalue weighted by Gasteiger charge is -2.30. The van der Waals surface area contributed by atoms with Crippen LogP contribution in [0.15, 0.2) is 24.3 Å². The molecule has 1 aliphatic carbocycles. The van der Waals surface area contributed by atoms with Gasteiger partial charge in [0, 0.05) is 30.2 Å². The van der Waals surface area contributed by atoms with Crippen molar-refractivity contribution in [2.45, 2.75) is 57.5 Å². The first-order chi connectivity index (χ1) is 12.8. The van der Waals surface area contributed by atoms with Gasteiger partial charge in [0.25, 0.3) is 0 Å². The summed E-state index contributed by atoms with van der Waals surface area (Å²) in [6.07, 6.45) is 2.90. The standard InChI is InChI=1S/C19H29N3O3S2/c1-4-20(14(2)3)13-19(10-11-19)15-5-7-16(8-6-15)21-12-9-17(18(21)23)22(26)27(24)25/h5-8,14,17,26H,4,9-13H2,1-3H3,(H,24,25). The maximum absolute atomic E-state index is 12.6. The van der Waals surface area contributed by atoms with Gasteiger partial charge in [0.05, 0.1) is 0 Å². The minimum atomic E-state index is -2.26. The largest absolute Gasteiger partial charge is 0.311 e. The predicted octanol–water partition coefficient (Wildman–Crippen LogP) is 2.84. The summed E-state index contributed by atoms with van der Waals surface area (Å²) in [4.78, 5) is 16.8. The molecule has 150 valence electrons. The third kappa shape index (κ3) is 4.24. The molecule has 1 heterocycles. The van der Waals surface area contributed by atoms with Gasteiger partial charge in [-0.15, -0.1) is 3.71 Å². The van der Waals surface area contributed by atoms with E-state index in [1.54, 1.807) is 4.90 Å². The van der Waals surface area contributed by atoms with Crippen molar-refractivity contribution in [3.05, 3.63) is 29.8 Å². The Kier molecular flexibility index (Phi) is 6.32. The Morgan fingerprint density at radius 3 is 2.44 bits per heavy atom. The molecule has 0 spiro atoms. The molecule has 0 radical (unpaired) electrons. The van der Waals surface area contributed by atoms with Crippen LogP contribution >= 0.6 is 12.8 Å². The Hall–Kier alpha value is -0.930. The first kappa shape index (κ1) is 20.8. The van der Waals surface area contributed by atoms with Crippen molar-refractivity contribution in [3.8, 4) is 0 Å². The molecule has 1 aromatic carbocycles. The number of carbonyl (C=O) groups is 1. The molecule has 2 unspecified atom stereocenters. The molecular weight excluding hydrogens is 382 g/mol. The number of hydrogen-bond donors (Lipinski definition) is 2. The molecule has 6 nitrogen and oxygen atoms in total. The third-order valence-corrected chi connectivity index (χ3v) is 7.16. The lowest BCUT2D eigenvalue weighted by atomic mass is 9.94. The minimum absolute atomic E-state index is 0.182. The van der Waals surface area contributed by atoms with Gasteiger partial charge in [-0.25, -0.2) is 4.21 Å². The van der Waals surface area contributed by atoms with Gasteiger partial charge in [0.2, 0.25) is 17.2 Å². The highest BCUT2D eigenvalue weighted by atomic mass is 32.2. The average molecular weight is 412 g/mol. The summed E-state index contributed by atoms with van der Waals surface area (Å²) in [6.45, 7) is 9.33. The fourth-order valence-corrected chi connectivity index (χ4v) is 4.59. The van der Waals surface area contributed by atoms with Crippen LogP contribution < -0.4 is 4.90 Å². The van der Waals surface area contributed by atoms with Crippen molar-refractivity contribution in [1.82, 2.24) is 8.61 Å². The van der Waals surface area contributed by atoms with E-state index in [9.17, 15) is 9.00 Å². The van der Waals surface area contributed by atoms with E-state index in [1.807, 2.05) is 12.1 Å². The zero-order chi connectivity index (χ0) is 19.8. The van der Waals surface area contributed by atoms with E-state index >= 15 is 0 Å². The highest BCUT2D eigenvalue weighted by molar-refractivity contribution is 7.93. The minimum Gasteiger partial charge on any atom is -0.311 e. The van der Waals surface area contributed by atoms with E-state index in [2.05, 4.69) is 50.6 Å². The van der Waals surface area contributed by atoms with Crippen molar-refractivity contribution >= 4 is 35.7 Å². The number of rotatable bonds is 8. The number of carbonyl (C=O) groups excluding carboxylic acids is 1. The second-order valence-electron chi connectivity index (χ2n) is 7.81. The fourth-order valence-electron chi connectivity index (χ4n) is 3.97. The van der Waals surface area contributed by atoms with E-state index < -0.39 is 17.3 Å². The van der Waals surface area contributed by atoms with Crippen molar-refractivity contribution in [3.63, 3.8) is 0 Å². The molecule has 1 saturated carbocycles. The molecule has 0 bridgehead atoms. The third-order valence-electron chi connectivity index (χ3n) is 5.89. The quantitative estimate of drug-likeness (QED) is 0.510. The van der Waals surface area contributed by atoms with Crippen molar-refractivity contribution in [2.24, 2.45) is 0 Å². The van der Waals surface area contributed by atoms with Gasteiger partial charge in [0.1, 0.15) is 6.04 Å². The molecule has 3 rings (SSSR count). The Morgan fingerprint density at radius 2 is 1.96 bits per heavy atom. The van der Waals surface area contributed by atoms with Crippen LogP contribution in [0, 0.1) is 0 Å². The van der Waals surface area contributed by atoms with Crippen LogP contribution in [0.2, 0.25) is 0 Å². The van der Waals surface area contributed by atoms with Gasteiger partial charge in [-0.1, -0.05) is 31.9 Å². The Morgan fingerprint density at radius 1 is 1.33 bits per heavy atom. The van der Waals surface area contributed by atoms with Gasteiger partial charge >= 0.3 is 0 Å². The van der Waals surface area contributed by atoms with Gasteiger partial charge < -0.3 is 9.80 Å². The molecule has 1 saturated heterocycles. The van der Waals surface area contributed by atoms with E-state index in [-0.39, 0.29) is 11.3 Å². The zero-order valence-corrected chi connectivity index (χ0v) is 17.9. The lowest BCUT2D eigenvalue weighted by molar-refractivity contribution is -0.119. The second-order valence-corrected chi connectivity index (χ2v) is 9.37. The number of thiol groups is 1. The number of benzene rings is 1. The van der Waals surface area contributed by atoms with E-state index in [0.717, 1.165) is 22.5 Å². The fraction of sp³-hybridized carbons (Fsp3) is 0.632. The summed E-state index contributed by atoms with van der Waals surface area (Å²) < 4.78 is 21.3. The summed E-state index contributed by atoms with van der Waals surface area (Å²) in [7, 11) is 0. The van der Waals surface area contributed by atoms with Gasteiger partial charge in [-0.05, 0) is 57.4 Å². The second kappa shape index (κ2) is 8.21. The number of nitrogens with zero attached hydrogens (tertiary/aromatic N) is 3. The van der Waals surface area contributed by atoms with Gasteiger partial charge in [-0.3, -0.25) is 9.35 Å². The topological polar surface area (TPSA) is 64.1 Å². The molecule has 27 heavy (non-hydrogen) atoms. The van der Waals surface area contributed by atoms with Gasteiger partial charge in [0.15, 0.2) is 0 Å². The van der Waals surface area contributed by atoms with Crippen molar-refractivity contribution in [1.29, 1.82) is 0 Å². The van der Waals surface area contributed by atoms with E-state index in [4.69, 9.17) is 4.55 Å². The van der Waals surface area contributed by atoms with Crippen LogP contribution in [0.4, 0.5) is 5.69 Å². The first-order valence-corrected chi connectivity index (χ1v) is 11.0. The molecule has 2 fully saturated rings. The molecule has 1 aliphatic heterocycles. The normalized spacial score (nSPS) is 22.9. The molecule has 1 N–H and O–H groups in total. The summed E-state index contributed by atoms with van der Waals surface area (Å²) in [5.41, 5.74) is 2.41. The first-order valence-electron chi connectivity index (χ1n) is 9.54. The highest BCUT2D eigenvalue weighted by Crippen LogP contribution is 2.49. The highest BCUT2D eigenvalue weighted by Gasteiger charge is 2.45. The zero-order valence-electron chi connectivity index (χ0n) is 16.2. The molecule has 0 aromatic heterocycles. The molecule has 2 aliphatic rings. The Bertz CT molecular complexity index is 707. The summed E-state index contributed by atoms with van der Waals surface area (Å²) >= 11 is 1.72. The average Bonchev–Trinajstić information content (AvgIpc) is 3.34. The smallest absolute Gasteiger partial charge is 0.246 e. The molecule has 2 atom stereocenters. The molecule has 1 amide bonds. The predicted molar refractivity (Wildman–Crippen MR) is 112 cm³/mol. The summed E-state index contributed by atoms with van der Waals surface area (Å²) in [5.74, 6) is -0.182. The van der Waals surface area contributed by atoms with E-state index in [0.29, 0.717) is 19.0 Å². The van der Waals surface area contributed by atoms with Crippen LogP contribution in [0.1, 0.15) is 45.6 Å². The number of hydrogen-bond acceptors (Lipinski definition) is 4. The Balaban J connectivity index is 1.71. The molecule has 8 heteroatoms. The van der Waals surface area contributed by atoms with Crippen molar-refractivity contribution < 1.29 is 13.6 Å². The lowest BCUT2D eigenvalue weighted by Crippen LogP contribution is -2.38. The number of amides is 1. The summed E-state index contributed by atoms with van der Waals surface area (Å²) in [6, 6.07) is 8.14. The van der Waals surface area contributed by atoms with Crippen LogP contribution in [0.25, 0.3) is 0 Å². The maximum Gasteiger partial charge on any atom is 0.246 e. The van der Waals surface area contributed by atoms with Crippen LogP contribution in [0.5, 0.6) is 0 Å².